The van der Waals surface area contributed by atoms with E-state index in [0.717, 1.165) is 35.4 Å². The second-order valence-electron chi connectivity index (χ2n) is 6.42. The van der Waals surface area contributed by atoms with Gasteiger partial charge in [0.1, 0.15) is 5.82 Å². The number of nitrogens with one attached hydrogen (secondary N) is 2. The number of para-hydroxylation sites is 1. The molecule has 144 valence electrons. The number of carbonyl (C=O) groups excluding carboxylic acids is 1. The molecule has 28 heavy (non-hydrogen) atoms. The summed E-state index contributed by atoms with van der Waals surface area (Å²) in [6.45, 7) is 2.73. The second kappa shape index (κ2) is 8.20. The van der Waals surface area contributed by atoms with Crippen LogP contribution in [0, 0.1) is 0 Å². The van der Waals surface area contributed by atoms with Crippen molar-refractivity contribution in [1.82, 2.24) is 9.97 Å². The third-order valence-corrected chi connectivity index (χ3v) is 4.51. The zero-order chi connectivity index (χ0) is 19.3. The van der Waals surface area contributed by atoms with Crippen molar-refractivity contribution in [2.24, 2.45) is 0 Å². The van der Waals surface area contributed by atoms with Crippen LogP contribution in [0.5, 0.6) is 0 Å². The molecule has 0 radical (unpaired) electrons. The summed E-state index contributed by atoms with van der Waals surface area (Å²) in [5, 5.41) is 15.5. The molecule has 8 nitrogen and oxygen atoms in total. The topological polar surface area (TPSA) is 99.6 Å². The Hall–Kier alpha value is -3.23. The Morgan fingerprint density at radius 2 is 1.79 bits per heavy atom. The maximum absolute atomic E-state index is 12.4. The van der Waals surface area contributed by atoms with E-state index in [0.29, 0.717) is 18.9 Å². The highest BCUT2D eigenvalue weighted by atomic mass is 16.5. The summed E-state index contributed by atoms with van der Waals surface area (Å²) >= 11 is 0. The Kier molecular flexibility index (Phi) is 5.31. The van der Waals surface area contributed by atoms with Gasteiger partial charge in [0.15, 0.2) is 0 Å². The number of aromatic nitrogens is 2. The highest BCUT2D eigenvalue weighted by Crippen LogP contribution is 2.26. The highest BCUT2D eigenvalue weighted by molar-refractivity contribution is 6.00. The van der Waals surface area contributed by atoms with E-state index in [4.69, 9.17) is 9.84 Å². The summed E-state index contributed by atoms with van der Waals surface area (Å²) in [4.78, 5) is 23.6. The Bertz CT molecular complexity index is 971. The van der Waals surface area contributed by atoms with E-state index in [9.17, 15) is 4.79 Å². The molecule has 2 amide bonds. The molecule has 3 N–H and O–H groups in total. The number of aliphatic hydroxyl groups excluding tert-OH is 1. The monoisotopic (exact) mass is 379 g/mol. The molecule has 1 saturated heterocycles. The minimum absolute atomic E-state index is 0.0400. The Morgan fingerprint density at radius 1 is 1.04 bits per heavy atom. The molecule has 0 saturated carbocycles. The van der Waals surface area contributed by atoms with Crippen molar-refractivity contribution in [3.8, 4) is 0 Å². The summed E-state index contributed by atoms with van der Waals surface area (Å²) in [5.74, 6) is 1.03. The first kappa shape index (κ1) is 18.1. The minimum Gasteiger partial charge on any atom is -0.392 e. The predicted octanol–water partition coefficient (Wildman–Crippen LogP) is 2.60. The smallest absolute Gasteiger partial charge is 0.326 e. The van der Waals surface area contributed by atoms with Crippen molar-refractivity contribution < 1.29 is 14.6 Å². The van der Waals surface area contributed by atoms with Crippen molar-refractivity contribution in [3.05, 3.63) is 54.1 Å². The lowest BCUT2D eigenvalue weighted by molar-refractivity contribution is 0.122. The quantitative estimate of drug-likeness (QED) is 0.644. The highest BCUT2D eigenvalue weighted by Gasteiger charge is 2.18. The molecule has 1 aliphatic heterocycles. The number of hydrogen-bond donors (Lipinski definition) is 3. The van der Waals surface area contributed by atoms with Crippen LogP contribution in [-0.2, 0) is 11.3 Å². The molecule has 0 bridgehead atoms. The zero-order valence-corrected chi connectivity index (χ0v) is 15.3. The molecule has 0 aliphatic carbocycles. The summed E-state index contributed by atoms with van der Waals surface area (Å²) in [6, 6.07) is 14.3. The number of morpholine rings is 1. The van der Waals surface area contributed by atoms with Crippen LogP contribution in [0.15, 0.2) is 48.5 Å². The largest absolute Gasteiger partial charge is 0.392 e. The first-order valence-electron chi connectivity index (χ1n) is 9.10. The lowest BCUT2D eigenvalue weighted by Crippen LogP contribution is -2.37. The van der Waals surface area contributed by atoms with Crippen molar-refractivity contribution in [1.29, 1.82) is 0 Å². The molecule has 0 atom stereocenters. The number of aliphatic hydroxyl groups is 1. The van der Waals surface area contributed by atoms with Crippen LogP contribution in [0.1, 0.15) is 5.56 Å². The van der Waals surface area contributed by atoms with E-state index in [2.05, 4.69) is 25.5 Å². The summed E-state index contributed by atoms with van der Waals surface area (Å²) < 4.78 is 5.43. The van der Waals surface area contributed by atoms with E-state index >= 15 is 0 Å². The first-order chi connectivity index (χ1) is 13.7. The summed E-state index contributed by atoms with van der Waals surface area (Å²) in [6.07, 6.45) is 0. The lowest BCUT2D eigenvalue weighted by Gasteiger charge is -2.28. The van der Waals surface area contributed by atoms with Gasteiger partial charge in [0.05, 0.1) is 25.3 Å². The van der Waals surface area contributed by atoms with Gasteiger partial charge in [-0.25, -0.2) is 9.78 Å². The van der Waals surface area contributed by atoms with Gasteiger partial charge in [0.2, 0.25) is 5.95 Å². The van der Waals surface area contributed by atoms with Crippen LogP contribution in [0.2, 0.25) is 0 Å². The first-order valence-corrected chi connectivity index (χ1v) is 9.10. The molecule has 0 unspecified atom stereocenters. The van der Waals surface area contributed by atoms with Crippen molar-refractivity contribution in [2.75, 3.05) is 41.8 Å². The molecule has 1 aliphatic rings. The van der Waals surface area contributed by atoms with E-state index in [1.165, 1.54) is 0 Å². The van der Waals surface area contributed by atoms with Gasteiger partial charge in [0, 0.05) is 24.2 Å². The Morgan fingerprint density at radius 3 is 2.54 bits per heavy atom. The fourth-order valence-corrected chi connectivity index (χ4v) is 3.09. The number of amides is 2. The summed E-state index contributed by atoms with van der Waals surface area (Å²) in [7, 11) is 0. The van der Waals surface area contributed by atoms with E-state index in [-0.39, 0.29) is 12.6 Å². The van der Waals surface area contributed by atoms with Gasteiger partial charge >= 0.3 is 6.03 Å². The predicted molar refractivity (Wildman–Crippen MR) is 108 cm³/mol. The third kappa shape index (κ3) is 4.03. The van der Waals surface area contributed by atoms with E-state index in [1.54, 1.807) is 24.3 Å². The standard InChI is InChI=1S/C20H21N5O3/c26-13-14-5-7-15(8-6-14)21-20(27)24-19-22-17-4-2-1-3-16(17)18(23-19)25-9-11-28-12-10-25/h1-8,26H,9-13H2,(H2,21,22,23,24,27). The van der Waals surface area contributed by atoms with Crippen LogP contribution in [0.4, 0.5) is 22.2 Å². The molecule has 2 aromatic carbocycles. The number of urea groups is 1. The Labute approximate surface area is 162 Å². The molecule has 8 heteroatoms. The maximum atomic E-state index is 12.4. The normalized spacial score (nSPS) is 14.1. The van der Waals surface area contributed by atoms with E-state index < -0.39 is 6.03 Å². The molecule has 1 fully saturated rings. The van der Waals surface area contributed by atoms with Gasteiger partial charge in [-0.15, -0.1) is 0 Å². The fraction of sp³-hybridized carbons (Fsp3) is 0.250. The number of fused-ring (bicyclic) bond motifs is 1. The number of hydrogen-bond acceptors (Lipinski definition) is 6. The second-order valence-corrected chi connectivity index (χ2v) is 6.42. The number of rotatable bonds is 4. The number of benzene rings is 2. The summed E-state index contributed by atoms with van der Waals surface area (Å²) in [5.41, 5.74) is 2.16. The fourth-order valence-electron chi connectivity index (χ4n) is 3.09. The average Bonchev–Trinajstić information content (AvgIpc) is 2.74. The molecule has 3 aromatic rings. The molecule has 4 rings (SSSR count). The number of nitrogens with zero attached hydrogens (tertiary/aromatic N) is 3. The lowest BCUT2D eigenvalue weighted by atomic mass is 10.2. The van der Waals surface area contributed by atoms with Gasteiger partial charge in [0.25, 0.3) is 0 Å². The van der Waals surface area contributed by atoms with Crippen LogP contribution < -0.4 is 15.5 Å². The van der Waals surface area contributed by atoms with Gasteiger partial charge in [-0.1, -0.05) is 24.3 Å². The van der Waals surface area contributed by atoms with Gasteiger partial charge in [-0.2, -0.15) is 4.98 Å². The minimum atomic E-state index is -0.431. The zero-order valence-electron chi connectivity index (χ0n) is 15.3. The number of ether oxygens (including phenoxy) is 1. The van der Waals surface area contributed by atoms with Crippen molar-refractivity contribution in [3.63, 3.8) is 0 Å². The van der Waals surface area contributed by atoms with Gasteiger partial charge < -0.3 is 20.1 Å². The maximum Gasteiger partial charge on any atom is 0.326 e. The SMILES string of the molecule is O=C(Nc1ccc(CO)cc1)Nc1nc(N2CCOCC2)c2ccccc2n1. The van der Waals surface area contributed by atoms with Crippen LogP contribution in [-0.4, -0.2) is 47.4 Å². The van der Waals surface area contributed by atoms with Crippen LogP contribution in [0.3, 0.4) is 0 Å². The van der Waals surface area contributed by atoms with E-state index in [1.807, 2.05) is 24.3 Å². The molecule has 0 spiro atoms. The van der Waals surface area contributed by atoms with Gasteiger partial charge in [-0.05, 0) is 29.8 Å². The third-order valence-electron chi connectivity index (χ3n) is 4.51. The molecule has 2 heterocycles. The Balaban J connectivity index is 1.56. The molecular weight excluding hydrogens is 358 g/mol. The average molecular weight is 379 g/mol. The number of anilines is 3. The van der Waals surface area contributed by atoms with Crippen LogP contribution >= 0.6 is 0 Å². The van der Waals surface area contributed by atoms with Crippen LogP contribution in [0.25, 0.3) is 10.9 Å². The molecule has 1 aromatic heterocycles. The van der Waals surface area contributed by atoms with Crippen molar-refractivity contribution >= 4 is 34.4 Å². The molecular formula is C20H21N5O3. The number of carbonyl (C=O) groups is 1. The van der Waals surface area contributed by atoms with Crippen molar-refractivity contribution in [2.45, 2.75) is 6.61 Å². The van der Waals surface area contributed by atoms with Gasteiger partial charge in [-0.3, -0.25) is 5.32 Å².